The number of carbonyl (C=O) groups is 1. The topological polar surface area (TPSA) is 53.4 Å². The molecular weight excluding hydrogens is 310 g/mol. The highest BCUT2D eigenvalue weighted by Gasteiger charge is 2.26. The van der Waals surface area contributed by atoms with E-state index in [2.05, 4.69) is 29.2 Å². The number of hydrogen-bond acceptors (Lipinski definition) is 4. The molecule has 1 aliphatic rings. The predicted octanol–water partition coefficient (Wildman–Crippen LogP) is 1.81. The fourth-order valence-corrected chi connectivity index (χ4v) is 4.07. The molecule has 1 saturated heterocycles. The number of urea groups is 1. The van der Waals surface area contributed by atoms with Gasteiger partial charge in [-0.2, -0.15) is 16.9 Å². The Bertz CT molecular complexity index is 516. The molecule has 130 valence electrons. The van der Waals surface area contributed by atoms with Crippen LogP contribution in [0, 0.1) is 5.92 Å². The van der Waals surface area contributed by atoms with E-state index < -0.39 is 0 Å². The van der Waals surface area contributed by atoms with Crippen LogP contribution in [0.5, 0.6) is 0 Å². The van der Waals surface area contributed by atoms with Crippen LogP contribution in [0.2, 0.25) is 0 Å². The third-order valence-corrected chi connectivity index (χ3v) is 5.84. The lowest BCUT2D eigenvalue weighted by Gasteiger charge is -2.35. The number of rotatable bonds is 5. The molecule has 1 N–H and O–H groups in total. The van der Waals surface area contributed by atoms with Gasteiger partial charge in [-0.3, -0.25) is 4.68 Å². The van der Waals surface area contributed by atoms with Gasteiger partial charge in [-0.1, -0.05) is 13.8 Å². The number of amides is 2. The molecule has 7 heteroatoms. The number of aromatic nitrogens is 2. The standard InChI is InChI=1S/C16H29N5OS/c1-12(2)15-11-21(6-7-23-15)16(22)17-9-14(19(3)4)13-8-18-20(5)10-13/h8,10,12,14-15H,6-7,9,11H2,1-5H3,(H,17,22)/t14-,15+/m0/s1. The number of likely N-dealkylation sites (N-methyl/N-ethyl adjacent to an activating group) is 1. The second kappa shape index (κ2) is 8.06. The lowest BCUT2D eigenvalue weighted by atomic mass is 10.1. The van der Waals surface area contributed by atoms with Gasteiger partial charge in [0.1, 0.15) is 0 Å². The molecule has 23 heavy (non-hydrogen) atoms. The molecule has 1 fully saturated rings. The van der Waals surface area contributed by atoms with E-state index in [0.29, 0.717) is 17.7 Å². The Morgan fingerprint density at radius 2 is 2.26 bits per heavy atom. The summed E-state index contributed by atoms with van der Waals surface area (Å²) in [6.45, 7) is 6.72. The van der Waals surface area contributed by atoms with Crippen LogP contribution in [-0.4, -0.2) is 70.3 Å². The van der Waals surface area contributed by atoms with Gasteiger partial charge in [0.15, 0.2) is 0 Å². The number of nitrogens with one attached hydrogen (secondary N) is 1. The molecule has 0 aromatic carbocycles. The number of carbonyl (C=O) groups excluding carboxylic acids is 1. The summed E-state index contributed by atoms with van der Waals surface area (Å²) >= 11 is 1.98. The fraction of sp³-hybridized carbons (Fsp3) is 0.750. The molecule has 1 aromatic heterocycles. The normalized spacial score (nSPS) is 20.1. The fourth-order valence-electron chi connectivity index (χ4n) is 2.77. The number of aryl methyl sites for hydroxylation is 1. The summed E-state index contributed by atoms with van der Waals surface area (Å²) in [5.41, 5.74) is 1.12. The van der Waals surface area contributed by atoms with E-state index in [1.54, 1.807) is 4.68 Å². The SMILES string of the molecule is CC(C)[C@H]1CN(C(=O)NC[C@@H](c2cnn(C)c2)N(C)C)CCS1. The maximum atomic E-state index is 12.5. The van der Waals surface area contributed by atoms with Crippen molar-refractivity contribution >= 4 is 17.8 Å². The first-order valence-corrected chi connectivity index (χ1v) is 9.22. The van der Waals surface area contributed by atoms with E-state index >= 15 is 0 Å². The molecule has 0 spiro atoms. The first-order valence-electron chi connectivity index (χ1n) is 8.17. The summed E-state index contributed by atoms with van der Waals surface area (Å²) in [7, 11) is 5.96. The molecule has 0 bridgehead atoms. The van der Waals surface area contributed by atoms with E-state index in [0.717, 1.165) is 24.4 Å². The van der Waals surface area contributed by atoms with Crippen LogP contribution in [0.15, 0.2) is 12.4 Å². The average molecular weight is 340 g/mol. The minimum Gasteiger partial charge on any atom is -0.336 e. The predicted molar refractivity (Wildman–Crippen MR) is 95.7 cm³/mol. The molecule has 0 saturated carbocycles. The largest absolute Gasteiger partial charge is 0.336 e. The molecule has 0 aliphatic carbocycles. The molecule has 0 unspecified atom stereocenters. The van der Waals surface area contributed by atoms with Gasteiger partial charge in [-0.25, -0.2) is 4.79 Å². The average Bonchev–Trinajstić information content (AvgIpc) is 2.93. The molecule has 1 aliphatic heterocycles. The first kappa shape index (κ1) is 18.1. The number of thioether (sulfide) groups is 1. The Morgan fingerprint density at radius 1 is 1.52 bits per heavy atom. The maximum absolute atomic E-state index is 12.5. The van der Waals surface area contributed by atoms with Crippen LogP contribution < -0.4 is 5.32 Å². The molecule has 2 atom stereocenters. The van der Waals surface area contributed by atoms with Crippen LogP contribution in [-0.2, 0) is 7.05 Å². The van der Waals surface area contributed by atoms with E-state index in [-0.39, 0.29) is 12.1 Å². The van der Waals surface area contributed by atoms with Crippen LogP contribution >= 0.6 is 11.8 Å². The highest BCUT2D eigenvalue weighted by molar-refractivity contribution is 8.00. The number of nitrogens with zero attached hydrogens (tertiary/aromatic N) is 4. The Balaban J connectivity index is 1.91. The van der Waals surface area contributed by atoms with Crippen LogP contribution in [0.1, 0.15) is 25.5 Å². The van der Waals surface area contributed by atoms with E-state index in [1.807, 2.05) is 50.2 Å². The van der Waals surface area contributed by atoms with Crippen molar-refractivity contribution in [2.45, 2.75) is 25.1 Å². The van der Waals surface area contributed by atoms with E-state index in [4.69, 9.17) is 0 Å². The third kappa shape index (κ3) is 4.88. The summed E-state index contributed by atoms with van der Waals surface area (Å²) in [6.07, 6.45) is 3.87. The van der Waals surface area contributed by atoms with Crippen molar-refractivity contribution in [1.29, 1.82) is 0 Å². The van der Waals surface area contributed by atoms with Gasteiger partial charge in [0.2, 0.25) is 0 Å². The first-order chi connectivity index (χ1) is 10.9. The summed E-state index contributed by atoms with van der Waals surface area (Å²) in [5, 5.41) is 7.87. The highest BCUT2D eigenvalue weighted by atomic mass is 32.2. The molecule has 2 heterocycles. The summed E-state index contributed by atoms with van der Waals surface area (Å²) in [4.78, 5) is 16.6. The zero-order valence-electron chi connectivity index (χ0n) is 14.8. The Hall–Kier alpha value is -1.21. The number of hydrogen-bond donors (Lipinski definition) is 1. The maximum Gasteiger partial charge on any atom is 0.317 e. The summed E-state index contributed by atoms with van der Waals surface area (Å²) < 4.78 is 1.79. The van der Waals surface area contributed by atoms with Crippen LogP contribution in [0.4, 0.5) is 4.79 Å². The van der Waals surface area contributed by atoms with Crippen LogP contribution in [0.3, 0.4) is 0 Å². The molecule has 1 aromatic rings. The zero-order valence-corrected chi connectivity index (χ0v) is 15.6. The monoisotopic (exact) mass is 339 g/mol. The molecule has 0 radical (unpaired) electrons. The molecule has 2 amide bonds. The van der Waals surface area contributed by atoms with Gasteiger partial charge >= 0.3 is 6.03 Å². The summed E-state index contributed by atoms with van der Waals surface area (Å²) in [6, 6.07) is 0.180. The lowest BCUT2D eigenvalue weighted by molar-refractivity contribution is 0.191. The van der Waals surface area contributed by atoms with Crippen molar-refractivity contribution in [2.75, 3.05) is 39.5 Å². The van der Waals surface area contributed by atoms with Crippen molar-refractivity contribution in [3.63, 3.8) is 0 Å². The van der Waals surface area contributed by atoms with Crippen molar-refractivity contribution in [2.24, 2.45) is 13.0 Å². The second-order valence-corrected chi connectivity index (χ2v) is 8.06. The van der Waals surface area contributed by atoms with Crippen molar-refractivity contribution in [3.05, 3.63) is 18.0 Å². The Kier molecular flexibility index (Phi) is 6.35. The van der Waals surface area contributed by atoms with Gasteiger partial charge < -0.3 is 15.1 Å². The van der Waals surface area contributed by atoms with E-state index in [9.17, 15) is 4.79 Å². The van der Waals surface area contributed by atoms with Gasteiger partial charge in [-0.15, -0.1) is 0 Å². The van der Waals surface area contributed by atoms with Crippen molar-refractivity contribution in [3.8, 4) is 0 Å². The quantitative estimate of drug-likeness (QED) is 0.889. The minimum absolute atomic E-state index is 0.0479. The Morgan fingerprint density at radius 3 is 2.83 bits per heavy atom. The van der Waals surface area contributed by atoms with Gasteiger partial charge in [-0.05, 0) is 20.0 Å². The van der Waals surface area contributed by atoms with Gasteiger partial charge in [0.25, 0.3) is 0 Å². The zero-order chi connectivity index (χ0) is 17.0. The lowest BCUT2D eigenvalue weighted by Crippen LogP contribution is -2.49. The third-order valence-electron chi connectivity index (χ3n) is 4.30. The van der Waals surface area contributed by atoms with Crippen LogP contribution in [0.25, 0.3) is 0 Å². The van der Waals surface area contributed by atoms with E-state index in [1.165, 1.54) is 0 Å². The van der Waals surface area contributed by atoms with Gasteiger partial charge in [0, 0.05) is 49.4 Å². The van der Waals surface area contributed by atoms with Crippen molar-refractivity contribution in [1.82, 2.24) is 24.9 Å². The summed E-state index contributed by atoms with van der Waals surface area (Å²) in [5.74, 6) is 1.62. The molecule has 2 rings (SSSR count). The second-order valence-electron chi connectivity index (χ2n) is 6.71. The van der Waals surface area contributed by atoms with Crippen molar-refractivity contribution < 1.29 is 4.79 Å². The smallest absolute Gasteiger partial charge is 0.317 e. The van der Waals surface area contributed by atoms with Gasteiger partial charge in [0.05, 0.1) is 12.2 Å². The molecular formula is C16H29N5OS. The molecule has 6 nitrogen and oxygen atoms in total. The highest BCUT2D eigenvalue weighted by Crippen LogP contribution is 2.25. The minimum atomic E-state index is 0.0479. The Labute approximate surface area is 143 Å².